The average molecular weight is 528 g/mol. The molecule has 168 valence electrons. The summed E-state index contributed by atoms with van der Waals surface area (Å²) in [5.74, 6) is -1.41. The van der Waals surface area contributed by atoms with Gasteiger partial charge in [0.05, 0.1) is 17.0 Å². The van der Waals surface area contributed by atoms with Crippen LogP contribution in [0.1, 0.15) is 12.0 Å². The molecule has 2 amide bonds. The summed E-state index contributed by atoms with van der Waals surface area (Å²) in [6, 6.07) is 3.44. The van der Waals surface area contributed by atoms with Crippen molar-refractivity contribution in [2.24, 2.45) is 0 Å². The van der Waals surface area contributed by atoms with Crippen LogP contribution in [0.3, 0.4) is 0 Å². The van der Waals surface area contributed by atoms with E-state index in [1.165, 1.54) is 23.4 Å². The number of hydrogen-bond acceptors (Lipinski definition) is 5. The van der Waals surface area contributed by atoms with Gasteiger partial charge >= 0.3 is 0 Å². The Bertz CT molecular complexity index is 1210. The Morgan fingerprint density at radius 2 is 2.12 bits per heavy atom. The van der Waals surface area contributed by atoms with E-state index in [1.54, 1.807) is 16.8 Å². The van der Waals surface area contributed by atoms with E-state index in [2.05, 4.69) is 31.2 Å². The molecule has 3 heterocycles. The van der Waals surface area contributed by atoms with Crippen molar-refractivity contribution in [2.45, 2.75) is 31.7 Å². The second-order valence-electron chi connectivity index (χ2n) is 7.39. The number of benzene rings is 1. The molecule has 0 unspecified atom stereocenters. The van der Waals surface area contributed by atoms with Crippen LogP contribution >= 0.6 is 27.5 Å². The molecular weight excluding hydrogens is 510 g/mol. The largest absolute Gasteiger partial charge is 0.383 e. The van der Waals surface area contributed by atoms with E-state index in [9.17, 15) is 18.4 Å². The Hall–Kier alpha value is -2.79. The molecule has 1 aliphatic heterocycles. The Labute approximate surface area is 194 Å². The number of carbonyl (C=O) groups is 2. The fourth-order valence-electron chi connectivity index (χ4n) is 3.75. The van der Waals surface area contributed by atoms with Gasteiger partial charge in [0.15, 0.2) is 0 Å². The van der Waals surface area contributed by atoms with E-state index in [0.717, 1.165) is 0 Å². The van der Waals surface area contributed by atoms with Crippen molar-refractivity contribution in [2.75, 3.05) is 12.3 Å². The third kappa shape index (κ3) is 4.26. The number of fused-ring (bicyclic) bond motifs is 1. The average Bonchev–Trinajstić information content (AvgIpc) is 3.30. The molecule has 32 heavy (non-hydrogen) atoms. The van der Waals surface area contributed by atoms with Gasteiger partial charge in [0, 0.05) is 29.2 Å². The van der Waals surface area contributed by atoms with Crippen molar-refractivity contribution in [1.29, 1.82) is 0 Å². The maximum atomic E-state index is 14.2. The highest BCUT2D eigenvalue weighted by Gasteiger charge is 2.39. The molecule has 0 radical (unpaired) electrons. The molecule has 1 aliphatic rings. The minimum absolute atomic E-state index is 0.0622. The zero-order valence-corrected chi connectivity index (χ0v) is 18.9. The Morgan fingerprint density at radius 3 is 2.91 bits per heavy atom. The number of rotatable bonds is 5. The van der Waals surface area contributed by atoms with Gasteiger partial charge in [-0.15, -0.1) is 0 Å². The zero-order chi connectivity index (χ0) is 23.0. The van der Waals surface area contributed by atoms with E-state index in [1.807, 2.05) is 0 Å². The maximum absolute atomic E-state index is 14.2. The maximum Gasteiger partial charge on any atom is 0.243 e. The highest BCUT2D eigenvalue weighted by molar-refractivity contribution is 9.10. The van der Waals surface area contributed by atoms with Crippen LogP contribution in [0.2, 0.25) is 5.02 Å². The zero-order valence-electron chi connectivity index (χ0n) is 16.6. The van der Waals surface area contributed by atoms with Gasteiger partial charge < -0.3 is 20.5 Å². The second kappa shape index (κ2) is 8.99. The third-order valence-corrected chi connectivity index (χ3v) is 6.19. The van der Waals surface area contributed by atoms with Gasteiger partial charge in [0.25, 0.3) is 0 Å². The first kappa shape index (κ1) is 22.4. The molecular formula is C20H18BrClF2N6O2. The molecule has 0 bridgehead atoms. The van der Waals surface area contributed by atoms with Gasteiger partial charge in [-0.1, -0.05) is 23.7 Å². The van der Waals surface area contributed by atoms with Crippen molar-refractivity contribution < 1.29 is 18.4 Å². The van der Waals surface area contributed by atoms with Crippen LogP contribution in [0.15, 0.2) is 35.2 Å². The van der Waals surface area contributed by atoms with Gasteiger partial charge in [-0.3, -0.25) is 9.59 Å². The SMILES string of the molecule is Nc1ncnc2c1c(Br)cn2CC(=O)N1C[C@H](F)C[C@H]1C(=O)NCc1cccc(Cl)c1F. The minimum Gasteiger partial charge on any atom is -0.383 e. The first-order valence-corrected chi connectivity index (χ1v) is 10.8. The fraction of sp³-hybridized carbons (Fsp3) is 0.300. The lowest BCUT2D eigenvalue weighted by Gasteiger charge is -2.24. The molecule has 2 atom stereocenters. The van der Waals surface area contributed by atoms with Crippen LogP contribution in [0.25, 0.3) is 11.0 Å². The van der Waals surface area contributed by atoms with Crippen LogP contribution in [0, 0.1) is 5.82 Å². The van der Waals surface area contributed by atoms with E-state index in [4.69, 9.17) is 17.3 Å². The molecule has 0 spiro atoms. The topological polar surface area (TPSA) is 106 Å². The lowest BCUT2D eigenvalue weighted by Crippen LogP contribution is -2.46. The number of nitrogen functional groups attached to an aromatic ring is 1. The van der Waals surface area contributed by atoms with E-state index in [0.29, 0.717) is 15.5 Å². The van der Waals surface area contributed by atoms with Crippen molar-refractivity contribution in [3.05, 3.63) is 51.6 Å². The normalized spacial score (nSPS) is 18.3. The summed E-state index contributed by atoms with van der Waals surface area (Å²) >= 11 is 9.13. The molecule has 1 aromatic carbocycles. The van der Waals surface area contributed by atoms with E-state index in [-0.39, 0.29) is 42.5 Å². The molecule has 2 aromatic heterocycles. The number of anilines is 1. The number of hydrogen-bond donors (Lipinski definition) is 2. The number of nitrogens with two attached hydrogens (primary N) is 1. The lowest BCUT2D eigenvalue weighted by atomic mass is 10.1. The molecule has 3 N–H and O–H groups in total. The van der Waals surface area contributed by atoms with Crippen molar-refractivity contribution in [3.63, 3.8) is 0 Å². The number of alkyl halides is 1. The summed E-state index contributed by atoms with van der Waals surface area (Å²) in [5, 5.41) is 3.07. The summed E-state index contributed by atoms with van der Waals surface area (Å²) in [5.41, 5.74) is 6.51. The van der Waals surface area contributed by atoms with Crippen LogP contribution in [-0.2, 0) is 22.7 Å². The van der Waals surface area contributed by atoms with E-state index >= 15 is 0 Å². The predicted octanol–water partition coefficient (Wildman–Crippen LogP) is 2.82. The Kier molecular flexibility index (Phi) is 6.29. The number of amides is 2. The highest BCUT2D eigenvalue weighted by atomic mass is 79.9. The van der Waals surface area contributed by atoms with Crippen molar-refractivity contribution in [3.8, 4) is 0 Å². The van der Waals surface area contributed by atoms with Crippen LogP contribution in [0.5, 0.6) is 0 Å². The molecule has 0 saturated carbocycles. The van der Waals surface area contributed by atoms with Crippen molar-refractivity contribution >= 4 is 56.2 Å². The molecule has 8 nitrogen and oxygen atoms in total. The monoisotopic (exact) mass is 526 g/mol. The lowest BCUT2D eigenvalue weighted by molar-refractivity contribution is -0.139. The molecule has 1 saturated heterocycles. The molecule has 1 fully saturated rings. The van der Waals surface area contributed by atoms with Crippen LogP contribution in [0.4, 0.5) is 14.6 Å². The molecule has 12 heteroatoms. The van der Waals surface area contributed by atoms with Gasteiger partial charge in [-0.2, -0.15) is 0 Å². The summed E-state index contributed by atoms with van der Waals surface area (Å²) in [4.78, 5) is 35.0. The number of carbonyl (C=O) groups excluding carboxylic acids is 2. The minimum atomic E-state index is -1.34. The fourth-order valence-corrected chi connectivity index (χ4v) is 4.57. The number of nitrogens with one attached hydrogen (secondary N) is 1. The van der Waals surface area contributed by atoms with Gasteiger partial charge in [-0.05, 0) is 22.0 Å². The van der Waals surface area contributed by atoms with Gasteiger partial charge in [0.1, 0.15) is 42.4 Å². The first-order valence-electron chi connectivity index (χ1n) is 9.65. The smallest absolute Gasteiger partial charge is 0.243 e. The third-order valence-electron chi connectivity index (χ3n) is 5.30. The van der Waals surface area contributed by atoms with Crippen LogP contribution in [-0.4, -0.2) is 50.0 Å². The second-order valence-corrected chi connectivity index (χ2v) is 8.65. The quantitative estimate of drug-likeness (QED) is 0.531. The summed E-state index contributed by atoms with van der Waals surface area (Å²) in [6.07, 6.45) is 1.43. The van der Waals surface area contributed by atoms with Crippen LogP contribution < -0.4 is 11.1 Å². The van der Waals surface area contributed by atoms with E-state index < -0.39 is 29.8 Å². The van der Waals surface area contributed by atoms with Gasteiger partial charge in [-0.25, -0.2) is 18.7 Å². The summed E-state index contributed by atoms with van der Waals surface area (Å²) < 4.78 is 30.4. The summed E-state index contributed by atoms with van der Waals surface area (Å²) in [6.45, 7) is -0.510. The first-order chi connectivity index (χ1) is 15.3. The Balaban J connectivity index is 1.49. The number of nitrogens with zero attached hydrogens (tertiary/aromatic N) is 4. The van der Waals surface area contributed by atoms with Crippen molar-refractivity contribution in [1.82, 2.24) is 24.8 Å². The molecule has 4 rings (SSSR count). The highest BCUT2D eigenvalue weighted by Crippen LogP contribution is 2.29. The molecule has 3 aromatic rings. The number of halogens is 4. The standard InChI is InChI=1S/C20H18BrClF2N6O2/c21-12-7-29(19-16(12)18(25)27-9-28-19)8-15(31)30-6-11(23)4-14(30)20(32)26-5-10-2-1-3-13(22)17(10)24/h1-3,7,9,11,14H,4-6,8H2,(H,26,32)(H2,25,27,28)/t11-,14+/m1/s1. The summed E-state index contributed by atoms with van der Waals surface area (Å²) in [7, 11) is 0. The Morgan fingerprint density at radius 1 is 1.34 bits per heavy atom. The predicted molar refractivity (Wildman–Crippen MR) is 118 cm³/mol. The van der Waals surface area contributed by atoms with Gasteiger partial charge in [0.2, 0.25) is 11.8 Å². The number of likely N-dealkylation sites (tertiary alicyclic amines) is 1. The number of aromatic nitrogens is 3. The molecule has 0 aliphatic carbocycles.